The maximum Gasteiger partial charge on any atom is 0.160 e. The lowest BCUT2D eigenvalue weighted by Gasteiger charge is -2.13. The zero-order valence-electron chi connectivity index (χ0n) is 7.83. The Hall–Kier alpha value is -0.0800. The van der Waals surface area contributed by atoms with Crippen LogP contribution in [0.5, 0.6) is 0 Å². The topological polar surface area (TPSA) is 18.5 Å². The Balaban J connectivity index is 2.53. The van der Waals surface area contributed by atoms with Crippen LogP contribution in [0.1, 0.15) is 27.2 Å². The molecule has 11 heavy (non-hydrogen) atoms. The second kappa shape index (κ2) is 3.55. The number of rotatable bonds is 2. The van der Waals surface area contributed by atoms with Gasteiger partial charge in [0.1, 0.15) is 0 Å². The average molecular weight is 158 g/mol. The highest BCUT2D eigenvalue weighted by Crippen LogP contribution is 2.33. The smallest absolute Gasteiger partial charge is 0.160 e. The van der Waals surface area contributed by atoms with E-state index in [0.29, 0.717) is 17.9 Å². The molecule has 1 aliphatic rings. The summed E-state index contributed by atoms with van der Waals surface area (Å²) in [5, 5.41) is 0. The molecular formula is C9H18O2. The lowest BCUT2D eigenvalue weighted by molar-refractivity contribution is -0.129. The highest BCUT2D eigenvalue weighted by atomic mass is 16.7. The lowest BCUT2D eigenvalue weighted by Crippen LogP contribution is -2.17. The third kappa shape index (κ3) is 1.57. The molecule has 1 fully saturated rings. The first-order valence-electron chi connectivity index (χ1n) is 4.39. The number of hydrogen-bond acceptors (Lipinski definition) is 2. The van der Waals surface area contributed by atoms with Crippen molar-refractivity contribution in [3.05, 3.63) is 0 Å². The minimum absolute atomic E-state index is 0.0231. The van der Waals surface area contributed by atoms with Crippen molar-refractivity contribution >= 4 is 0 Å². The molecule has 4 atom stereocenters. The minimum Gasteiger partial charge on any atom is -0.356 e. The zero-order chi connectivity index (χ0) is 8.43. The Morgan fingerprint density at radius 2 is 1.91 bits per heavy atom. The van der Waals surface area contributed by atoms with Crippen molar-refractivity contribution < 1.29 is 9.47 Å². The second-order valence-electron chi connectivity index (χ2n) is 3.41. The third-order valence-corrected chi connectivity index (χ3v) is 2.79. The summed E-state index contributed by atoms with van der Waals surface area (Å²) in [6.45, 7) is 6.58. The summed E-state index contributed by atoms with van der Waals surface area (Å²) < 4.78 is 10.9. The van der Waals surface area contributed by atoms with Crippen molar-refractivity contribution in [3.63, 3.8) is 0 Å². The maximum atomic E-state index is 5.66. The van der Waals surface area contributed by atoms with Crippen LogP contribution in [0.3, 0.4) is 0 Å². The SMILES string of the molecule is CCC1OC(OC)C(C)C1C. The van der Waals surface area contributed by atoms with Crippen LogP contribution in [-0.2, 0) is 9.47 Å². The van der Waals surface area contributed by atoms with Crippen molar-refractivity contribution in [1.82, 2.24) is 0 Å². The molecular weight excluding hydrogens is 140 g/mol. The molecule has 0 saturated carbocycles. The van der Waals surface area contributed by atoms with Gasteiger partial charge in [0.25, 0.3) is 0 Å². The minimum atomic E-state index is 0.0231. The van der Waals surface area contributed by atoms with Crippen LogP contribution in [0, 0.1) is 11.8 Å². The Labute approximate surface area is 68.9 Å². The third-order valence-electron chi connectivity index (χ3n) is 2.79. The number of hydrogen-bond donors (Lipinski definition) is 0. The normalized spacial score (nSPS) is 44.7. The molecule has 0 bridgehead atoms. The van der Waals surface area contributed by atoms with E-state index >= 15 is 0 Å². The molecule has 1 rings (SSSR count). The summed E-state index contributed by atoms with van der Waals surface area (Å²) >= 11 is 0. The van der Waals surface area contributed by atoms with Gasteiger partial charge in [-0.2, -0.15) is 0 Å². The Morgan fingerprint density at radius 3 is 2.18 bits per heavy atom. The fourth-order valence-electron chi connectivity index (χ4n) is 1.74. The molecule has 66 valence electrons. The summed E-state index contributed by atoms with van der Waals surface area (Å²) in [5.41, 5.74) is 0. The zero-order valence-corrected chi connectivity index (χ0v) is 7.83. The Morgan fingerprint density at radius 1 is 1.27 bits per heavy atom. The molecule has 2 nitrogen and oxygen atoms in total. The van der Waals surface area contributed by atoms with E-state index in [-0.39, 0.29) is 6.29 Å². The monoisotopic (exact) mass is 158 g/mol. The highest BCUT2D eigenvalue weighted by Gasteiger charge is 2.37. The van der Waals surface area contributed by atoms with Crippen molar-refractivity contribution in [2.45, 2.75) is 39.6 Å². The van der Waals surface area contributed by atoms with E-state index in [4.69, 9.17) is 9.47 Å². The van der Waals surface area contributed by atoms with E-state index in [2.05, 4.69) is 20.8 Å². The molecule has 0 radical (unpaired) electrons. The summed E-state index contributed by atoms with van der Waals surface area (Å²) in [7, 11) is 1.71. The van der Waals surface area contributed by atoms with E-state index in [0.717, 1.165) is 6.42 Å². The molecule has 0 aromatic heterocycles. The standard InChI is InChI=1S/C9H18O2/c1-5-8-6(2)7(3)9(10-4)11-8/h6-9H,5H2,1-4H3. The van der Waals surface area contributed by atoms with Crippen molar-refractivity contribution in [1.29, 1.82) is 0 Å². The predicted molar refractivity (Wildman–Crippen MR) is 44.3 cm³/mol. The fourth-order valence-corrected chi connectivity index (χ4v) is 1.74. The molecule has 2 heteroatoms. The first kappa shape index (κ1) is 9.01. The van der Waals surface area contributed by atoms with Crippen molar-refractivity contribution in [3.8, 4) is 0 Å². The van der Waals surface area contributed by atoms with Crippen LogP contribution in [-0.4, -0.2) is 19.5 Å². The quantitative estimate of drug-likeness (QED) is 0.612. The van der Waals surface area contributed by atoms with Crippen LogP contribution in [0.4, 0.5) is 0 Å². The van der Waals surface area contributed by atoms with Gasteiger partial charge in [0, 0.05) is 13.0 Å². The molecule has 0 amide bonds. The molecule has 1 aliphatic heterocycles. The highest BCUT2D eigenvalue weighted by molar-refractivity contribution is 4.80. The molecule has 0 aromatic rings. The van der Waals surface area contributed by atoms with Gasteiger partial charge in [-0.1, -0.05) is 20.8 Å². The van der Waals surface area contributed by atoms with E-state index in [9.17, 15) is 0 Å². The van der Waals surface area contributed by atoms with Crippen LogP contribution < -0.4 is 0 Å². The average Bonchev–Trinajstić information content (AvgIpc) is 2.30. The van der Waals surface area contributed by atoms with Crippen LogP contribution in [0.25, 0.3) is 0 Å². The Bertz CT molecular complexity index is 107. The largest absolute Gasteiger partial charge is 0.356 e. The van der Waals surface area contributed by atoms with E-state index in [1.807, 2.05) is 0 Å². The van der Waals surface area contributed by atoms with Crippen LogP contribution in [0.2, 0.25) is 0 Å². The van der Waals surface area contributed by atoms with Gasteiger partial charge in [-0.3, -0.25) is 0 Å². The van der Waals surface area contributed by atoms with E-state index < -0.39 is 0 Å². The van der Waals surface area contributed by atoms with Gasteiger partial charge >= 0.3 is 0 Å². The fraction of sp³-hybridized carbons (Fsp3) is 1.00. The molecule has 0 spiro atoms. The van der Waals surface area contributed by atoms with Crippen LogP contribution in [0.15, 0.2) is 0 Å². The number of ether oxygens (including phenoxy) is 2. The second-order valence-corrected chi connectivity index (χ2v) is 3.41. The lowest BCUT2D eigenvalue weighted by atomic mass is 9.92. The van der Waals surface area contributed by atoms with Gasteiger partial charge in [0.2, 0.25) is 0 Å². The molecule has 1 saturated heterocycles. The molecule has 0 aliphatic carbocycles. The van der Waals surface area contributed by atoms with E-state index in [1.54, 1.807) is 7.11 Å². The van der Waals surface area contributed by atoms with Gasteiger partial charge in [-0.15, -0.1) is 0 Å². The summed E-state index contributed by atoms with van der Waals surface area (Å²) in [5.74, 6) is 1.16. The van der Waals surface area contributed by atoms with Gasteiger partial charge in [0.05, 0.1) is 6.10 Å². The summed E-state index contributed by atoms with van der Waals surface area (Å²) in [4.78, 5) is 0. The Kier molecular flexibility index (Phi) is 2.90. The predicted octanol–water partition coefficient (Wildman–Crippen LogP) is 2.04. The first-order valence-corrected chi connectivity index (χ1v) is 4.39. The number of methoxy groups -OCH3 is 1. The van der Waals surface area contributed by atoms with E-state index in [1.165, 1.54) is 0 Å². The molecule has 0 aromatic carbocycles. The van der Waals surface area contributed by atoms with Crippen molar-refractivity contribution in [2.24, 2.45) is 11.8 Å². The molecule has 4 unspecified atom stereocenters. The molecule has 0 N–H and O–H groups in total. The van der Waals surface area contributed by atoms with Gasteiger partial charge < -0.3 is 9.47 Å². The van der Waals surface area contributed by atoms with Gasteiger partial charge in [-0.25, -0.2) is 0 Å². The summed E-state index contributed by atoms with van der Waals surface area (Å²) in [6, 6.07) is 0. The van der Waals surface area contributed by atoms with Gasteiger partial charge in [-0.05, 0) is 12.3 Å². The van der Waals surface area contributed by atoms with Crippen molar-refractivity contribution in [2.75, 3.05) is 7.11 Å². The summed E-state index contributed by atoms with van der Waals surface area (Å²) in [6.07, 6.45) is 1.51. The maximum absolute atomic E-state index is 5.66. The molecule has 1 heterocycles. The van der Waals surface area contributed by atoms with Crippen LogP contribution >= 0.6 is 0 Å². The van der Waals surface area contributed by atoms with Gasteiger partial charge in [0.15, 0.2) is 6.29 Å². The first-order chi connectivity index (χ1) is 5.20.